The van der Waals surface area contributed by atoms with Crippen molar-refractivity contribution in [3.8, 4) is 23.0 Å². The summed E-state index contributed by atoms with van der Waals surface area (Å²) in [5, 5.41) is 38.4. The van der Waals surface area contributed by atoms with Crippen molar-refractivity contribution in [1.82, 2.24) is 0 Å². The van der Waals surface area contributed by atoms with E-state index < -0.39 is 0 Å². The van der Waals surface area contributed by atoms with Gasteiger partial charge in [-0.15, -0.1) is 0 Å². The highest BCUT2D eigenvalue weighted by molar-refractivity contribution is 5.48. The molecule has 5 rings (SSSR count). The summed E-state index contributed by atoms with van der Waals surface area (Å²) in [5.74, 6) is 2.00. The Kier molecular flexibility index (Phi) is 9.09. The Bertz CT molecular complexity index is 1300. The van der Waals surface area contributed by atoms with E-state index in [4.69, 9.17) is 0 Å². The van der Waals surface area contributed by atoms with Crippen LogP contribution in [0.15, 0.2) is 84.9 Å². The summed E-state index contributed by atoms with van der Waals surface area (Å²) in [6, 6.07) is 26.7. The first kappa shape index (κ1) is 29.1. The molecule has 210 valence electrons. The summed E-state index contributed by atoms with van der Waals surface area (Å²) in [5.41, 5.74) is 6.79. The molecule has 1 fully saturated rings. The molecule has 4 nitrogen and oxygen atoms in total. The molecule has 4 heteroatoms. The second-order valence-corrected chi connectivity index (χ2v) is 11.6. The maximum absolute atomic E-state index is 9.84. The molecule has 1 aliphatic rings. The van der Waals surface area contributed by atoms with Gasteiger partial charge in [0.05, 0.1) is 0 Å². The van der Waals surface area contributed by atoms with E-state index in [1.807, 2.05) is 50.2 Å². The highest BCUT2D eigenvalue weighted by atomic mass is 16.3. The maximum atomic E-state index is 9.84. The molecule has 0 aromatic heterocycles. The molecule has 0 aliphatic heterocycles. The van der Waals surface area contributed by atoms with Gasteiger partial charge in [0.2, 0.25) is 0 Å². The van der Waals surface area contributed by atoms with E-state index in [9.17, 15) is 20.4 Å². The predicted octanol–water partition coefficient (Wildman–Crippen LogP) is 8.85. The number of phenolic OH excluding ortho intramolecular Hbond substituents is 4. The van der Waals surface area contributed by atoms with Gasteiger partial charge in [-0.05, 0) is 102 Å². The molecule has 0 unspecified atom stereocenters. The molecule has 0 heterocycles. The third-order valence-electron chi connectivity index (χ3n) is 8.38. The van der Waals surface area contributed by atoms with Crippen LogP contribution in [-0.2, 0) is 5.41 Å². The molecular weight excluding hydrogens is 496 g/mol. The summed E-state index contributed by atoms with van der Waals surface area (Å²) in [6.07, 6.45) is 5.98. The molecule has 4 N–H and O–H groups in total. The zero-order valence-electron chi connectivity index (χ0n) is 24.1. The number of aryl methyl sites for hydroxylation is 2. The monoisotopic (exact) mass is 538 g/mol. The van der Waals surface area contributed by atoms with Crippen molar-refractivity contribution in [2.75, 3.05) is 0 Å². The zero-order valence-corrected chi connectivity index (χ0v) is 24.1. The number of benzene rings is 4. The molecule has 0 radical (unpaired) electrons. The molecule has 0 spiro atoms. The lowest BCUT2D eigenvalue weighted by molar-refractivity contribution is 0.344. The van der Waals surface area contributed by atoms with Gasteiger partial charge < -0.3 is 20.4 Å². The van der Waals surface area contributed by atoms with Crippen LogP contribution in [0.2, 0.25) is 0 Å². The van der Waals surface area contributed by atoms with Gasteiger partial charge in [0, 0.05) is 11.3 Å². The van der Waals surface area contributed by atoms with E-state index in [1.54, 1.807) is 24.3 Å². The van der Waals surface area contributed by atoms with Crippen molar-refractivity contribution in [1.29, 1.82) is 0 Å². The minimum absolute atomic E-state index is 0.00910. The van der Waals surface area contributed by atoms with E-state index in [0.717, 1.165) is 24.0 Å². The molecule has 0 atom stereocenters. The quantitative estimate of drug-likeness (QED) is 0.205. The van der Waals surface area contributed by atoms with Crippen molar-refractivity contribution < 1.29 is 20.4 Å². The van der Waals surface area contributed by atoms with Crippen LogP contribution in [0.1, 0.15) is 85.3 Å². The van der Waals surface area contributed by atoms with Gasteiger partial charge in [-0.3, -0.25) is 0 Å². The first-order valence-corrected chi connectivity index (χ1v) is 14.3. The van der Waals surface area contributed by atoms with Crippen molar-refractivity contribution in [2.24, 2.45) is 5.92 Å². The fourth-order valence-electron chi connectivity index (χ4n) is 6.13. The van der Waals surface area contributed by atoms with Crippen LogP contribution in [0.5, 0.6) is 23.0 Å². The van der Waals surface area contributed by atoms with Crippen molar-refractivity contribution >= 4 is 0 Å². The fourth-order valence-corrected chi connectivity index (χ4v) is 6.13. The van der Waals surface area contributed by atoms with Crippen LogP contribution in [-0.4, -0.2) is 20.4 Å². The van der Waals surface area contributed by atoms with Crippen LogP contribution in [0.25, 0.3) is 0 Å². The molecule has 0 saturated heterocycles. The summed E-state index contributed by atoms with van der Waals surface area (Å²) in [4.78, 5) is 0. The molecule has 1 aliphatic carbocycles. The van der Waals surface area contributed by atoms with E-state index >= 15 is 0 Å². The minimum Gasteiger partial charge on any atom is -0.508 e. The Hall–Kier alpha value is -3.92. The number of phenols is 4. The van der Waals surface area contributed by atoms with Gasteiger partial charge in [-0.1, -0.05) is 81.6 Å². The highest BCUT2D eigenvalue weighted by Gasteiger charge is 2.36. The predicted molar refractivity (Wildman–Crippen MR) is 162 cm³/mol. The fraction of sp³-hybridized carbons (Fsp3) is 0.333. The molecule has 0 amide bonds. The second-order valence-electron chi connectivity index (χ2n) is 11.6. The Morgan fingerprint density at radius 1 is 0.550 bits per heavy atom. The van der Waals surface area contributed by atoms with Gasteiger partial charge in [0.25, 0.3) is 0 Å². The zero-order chi connectivity index (χ0) is 28.9. The first-order valence-electron chi connectivity index (χ1n) is 14.3. The number of hydrogen-bond acceptors (Lipinski definition) is 4. The molecule has 1 saturated carbocycles. The van der Waals surface area contributed by atoms with Crippen LogP contribution < -0.4 is 0 Å². The average molecular weight is 539 g/mol. The Balaban J connectivity index is 0.000000189. The molecular formula is C36H42O4. The van der Waals surface area contributed by atoms with Crippen molar-refractivity contribution in [3.63, 3.8) is 0 Å². The van der Waals surface area contributed by atoms with Crippen LogP contribution >= 0.6 is 0 Å². The Morgan fingerprint density at radius 3 is 1.30 bits per heavy atom. The van der Waals surface area contributed by atoms with Crippen LogP contribution in [0, 0.1) is 19.8 Å². The topological polar surface area (TPSA) is 80.9 Å². The molecule has 4 aromatic carbocycles. The van der Waals surface area contributed by atoms with Crippen LogP contribution in [0.3, 0.4) is 0 Å². The lowest BCUT2D eigenvalue weighted by Crippen LogP contribution is -2.30. The summed E-state index contributed by atoms with van der Waals surface area (Å²) in [7, 11) is 0. The smallest absolute Gasteiger partial charge is 0.118 e. The summed E-state index contributed by atoms with van der Waals surface area (Å²) in [6.45, 7) is 8.25. The normalized spacial score (nSPS) is 14.6. The van der Waals surface area contributed by atoms with E-state index in [0.29, 0.717) is 17.4 Å². The first-order chi connectivity index (χ1) is 19.1. The number of rotatable bonds is 5. The van der Waals surface area contributed by atoms with E-state index in [-0.39, 0.29) is 22.8 Å². The number of hydrogen-bond donors (Lipinski definition) is 4. The molecule has 4 aromatic rings. The van der Waals surface area contributed by atoms with Crippen molar-refractivity contribution in [2.45, 2.75) is 71.1 Å². The lowest BCUT2D eigenvalue weighted by Gasteiger charge is -2.39. The Morgan fingerprint density at radius 2 is 0.950 bits per heavy atom. The van der Waals surface area contributed by atoms with E-state index in [1.165, 1.54) is 41.5 Å². The summed E-state index contributed by atoms with van der Waals surface area (Å²) < 4.78 is 0. The van der Waals surface area contributed by atoms with Crippen LogP contribution in [0.4, 0.5) is 0 Å². The molecule has 40 heavy (non-hydrogen) atoms. The largest absolute Gasteiger partial charge is 0.508 e. The van der Waals surface area contributed by atoms with Gasteiger partial charge in [-0.25, -0.2) is 0 Å². The Labute approximate surface area is 238 Å². The standard InChI is InChI=1S/C20H24O2.C16H18O2/c1-14-12-16(6-8-18(14)21)20(10-4-3-5-11-20)17-7-9-19(22)15(2)13-17;1-11(2)16(12-3-7-14(17)8-4-12)13-5-9-15(18)10-6-13/h6-9,12-13,21-22H,3-5,10-11H2,1-2H3;3-11,16-18H,1-2H3. The number of aromatic hydroxyl groups is 4. The third kappa shape index (κ3) is 6.44. The second kappa shape index (κ2) is 12.5. The average Bonchev–Trinajstić information content (AvgIpc) is 2.94. The minimum atomic E-state index is 0.00910. The highest BCUT2D eigenvalue weighted by Crippen LogP contribution is 2.46. The van der Waals surface area contributed by atoms with Crippen molar-refractivity contribution in [3.05, 3.63) is 118 Å². The SMILES string of the molecule is CC(C)C(c1ccc(O)cc1)c1ccc(O)cc1.Cc1cc(C2(c3ccc(O)c(C)c3)CCCCC2)ccc1O. The van der Waals surface area contributed by atoms with Gasteiger partial charge in [-0.2, -0.15) is 0 Å². The van der Waals surface area contributed by atoms with E-state index in [2.05, 4.69) is 38.1 Å². The molecule has 0 bridgehead atoms. The van der Waals surface area contributed by atoms with Gasteiger partial charge >= 0.3 is 0 Å². The maximum Gasteiger partial charge on any atom is 0.118 e. The summed E-state index contributed by atoms with van der Waals surface area (Å²) >= 11 is 0. The van der Waals surface area contributed by atoms with Gasteiger partial charge in [0.1, 0.15) is 23.0 Å². The van der Waals surface area contributed by atoms with Gasteiger partial charge in [0.15, 0.2) is 0 Å². The third-order valence-corrected chi connectivity index (χ3v) is 8.38. The lowest BCUT2D eigenvalue weighted by atomic mass is 9.65.